The average molecular weight is 418 g/mol. The maximum atomic E-state index is 13.0. The van der Waals surface area contributed by atoms with Crippen LogP contribution >= 0.6 is 34.2 Å². The van der Waals surface area contributed by atoms with Crippen molar-refractivity contribution in [2.75, 3.05) is 5.32 Å². The number of nitrogens with zero attached hydrogens (tertiary/aromatic N) is 3. The molecule has 2 aromatic heterocycles. The minimum atomic E-state index is -0.453. The van der Waals surface area contributed by atoms with Crippen molar-refractivity contribution in [3.63, 3.8) is 0 Å². The highest BCUT2D eigenvalue weighted by Crippen LogP contribution is 2.19. The number of hydrogen-bond acceptors (Lipinski definition) is 4. The van der Waals surface area contributed by atoms with Crippen molar-refractivity contribution in [3.8, 4) is 0 Å². The number of amides is 1. The predicted octanol–water partition coefficient (Wildman–Crippen LogP) is 3.00. The number of carbonyl (C=O) groups excluding carboxylic acids is 1. The molecule has 0 aliphatic carbocycles. The summed E-state index contributed by atoms with van der Waals surface area (Å²) < 4.78 is 13.5. The average Bonchev–Trinajstić information content (AvgIpc) is 2.87. The van der Waals surface area contributed by atoms with Gasteiger partial charge in [-0.1, -0.05) is 11.6 Å². The molecule has 0 unspecified atom stereocenters. The molecule has 2 heterocycles. The molecule has 1 amide bonds. The van der Waals surface area contributed by atoms with E-state index in [1.165, 1.54) is 24.5 Å². The summed E-state index contributed by atoms with van der Waals surface area (Å²) >= 11 is 7.84. The molecule has 3 aromatic rings. The molecule has 0 spiro atoms. The standard InChI is InChI=1S/C12H6ClFIN5O/c13-9-8-10(17-4-16-8)19-12(18-9)20-11(21)6-2-1-5(14)3-7(6)15/h1-4H,(H2,16,17,18,19,20,21). The van der Waals surface area contributed by atoms with Crippen LogP contribution < -0.4 is 5.32 Å². The predicted molar refractivity (Wildman–Crippen MR) is 83.8 cm³/mol. The highest BCUT2D eigenvalue weighted by Gasteiger charge is 2.14. The van der Waals surface area contributed by atoms with Crippen LogP contribution in [0.5, 0.6) is 0 Å². The number of H-pyrrole nitrogens is 1. The first kappa shape index (κ1) is 14.1. The van der Waals surface area contributed by atoms with Gasteiger partial charge in [-0.15, -0.1) is 0 Å². The highest BCUT2D eigenvalue weighted by molar-refractivity contribution is 14.1. The van der Waals surface area contributed by atoms with E-state index < -0.39 is 11.7 Å². The van der Waals surface area contributed by atoms with Crippen LogP contribution in [0.2, 0.25) is 5.15 Å². The van der Waals surface area contributed by atoms with Crippen LogP contribution in [0.1, 0.15) is 10.4 Å². The van der Waals surface area contributed by atoms with Gasteiger partial charge in [0.25, 0.3) is 5.91 Å². The van der Waals surface area contributed by atoms with Gasteiger partial charge in [-0.2, -0.15) is 9.97 Å². The summed E-state index contributed by atoms with van der Waals surface area (Å²) in [5.74, 6) is -0.830. The van der Waals surface area contributed by atoms with E-state index in [2.05, 4.69) is 25.3 Å². The maximum Gasteiger partial charge on any atom is 0.259 e. The number of hydrogen-bond donors (Lipinski definition) is 2. The number of rotatable bonds is 2. The molecule has 9 heteroatoms. The first-order chi connectivity index (χ1) is 10.0. The van der Waals surface area contributed by atoms with Crippen LogP contribution in [0.15, 0.2) is 24.5 Å². The van der Waals surface area contributed by atoms with Gasteiger partial charge in [0, 0.05) is 3.57 Å². The summed E-state index contributed by atoms with van der Waals surface area (Å²) in [6.07, 6.45) is 1.43. The van der Waals surface area contributed by atoms with Gasteiger partial charge in [-0.25, -0.2) is 9.37 Å². The van der Waals surface area contributed by atoms with E-state index >= 15 is 0 Å². The van der Waals surface area contributed by atoms with Crippen molar-refractivity contribution >= 4 is 57.2 Å². The van der Waals surface area contributed by atoms with Gasteiger partial charge < -0.3 is 4.98 Å². The second-order valence-electron chi connectivity index (χ2n) is 4.02. The fraction of sp³-hybridized carbons (Fsp3) is 0. The molecule has 0 radical (unpaired) electrons. The highest BCUT2D eigenvalue weighted by atomic mass is 127. The molecular formula is C12H6ClFIN5O. The Hall–Kier alpha value is -1.81. The number of fused-ring (bicyclic) bond motifs is 1. The van der Waals surface area contributed by atoms with E-state index in [9.17, 15) is 9.18 Å². The molecular weight excluding hydrogens is 412 g/mol. The van der Waals surface area contributed by atoms with Gasteiger partial charge in [0.05, 0.1) is 11.9 Å². The van der Waals surface area contributed by atoms with Crippen LogP contribution in [0, 0.1) is 9.39 Å². The van der Waals surface area contributed by atoms with Crippen LogP contribution in [-0.2, 0) is 0 Å². The zero-order valence-electron chi connectivity index (χ0n) is 10.2. The van der Waals surface area contributed by atoms with Crippen molar-refractivity contribution in [1.29, 1.82) is 0 Å². The van der Waals surface area contributed by atoms with E-state index in [1.807, 2.05) is 22.6 Å². The summed E-state index contributed by atoms with van der Waals surface area (Å²) in [6.45, 7) is 0. The van der Waals surface area contributed by atoms with Crippen LogP contribution in [0.25, 0.3) is 11.2 Å². The van der Waals surface area contributed by atoms with Crippen molar-refractivity contribution < 1.29 is 9.18 Å². The smallest absolute Gasteiger partial charge is 0.259 e. The third kappa shape index (κ3) is 2.81. The number of nitrogens with one attached hydrogen (secondary N) is 2. The topological polar surface area (TPSA) is 83.6 Å². The largest absolute Gasteiger partial charge is 0.341 e. The van der Waals surface area contributed by atoms with Crippen molar-refractivity contribution in [3.05, 3.63) is 44.6 Å². The molecule has 21 heavy (non-hydrogen) atoms. The Morgan fingerprint density at radius 3 is 2.95 bits per heavy atom. The molecule has 0 saturated heterocycles. The molecule has 0 fully saturated rings. The lowest BCUT2D eigenvalue weighted by Gasteiger charge is -2.06. The summed E-state index contributed by atoms with van der Waals surface area (Å²) in [5, 5.41) is 2.67. The van der Waals surface area contributed by atoms with E-state index in [1.54, 1.807) is 0 Å². The Labute approximate surface area is 136 Å². The van der Waals surface area contributed by atoms with E-state index in [0.29, 0.717) is 20.3 Å². The lowest BCUT2D eigenvalue weighted by molar-refractivity contribution is 0.102. The molecule has 0 aliphatic rings. The number of aromatic nitrogens is 4. The van der Waals surface area contributed by atoms with E-state index in [0.717, 1.165) is 0 Å². The SMILES string of the molecule is O=C(Nc1nc(Cl)c2[nH]cnc2n1)c1ccc(F)cc1I. The molecule has 2 N–H and O–H groups in total. The number of carbonyl (C=O) groups is 1. The lowest BCUT2D eigenvalue weighted by atomic mass is 10.2. The zero-order chi connectivity index (χ0) is 15.0. The molecule has 0 aliphatic heterocycles. The molecule has 3 rings (SSSR count). The van der Waals surface area contributed by atoms with Gasteiger partial charge in [-0.3, -0.25) is 10.1 Å². The number of imidazole rings is 1. The molecule has 0 saturated carbocycles. The third-order valence-corrected chi connectivity index (χ3v) is 3.81. The van der Waals surface area contributed by atoms with Crippen LogP contribution in [0.4, 0.5) is 10.3 Å². The Morgan fingerprint density at radius 2 is 2.19 bits per heavy atom. The van der Waals surface area contributed by atoms with E-state index in [-0.39, 0.29) is 11.1 Å². The first-order valence-corrected chi connectivity index (χ1v) is 7.13. The van der Waals surface area contributed by atoms with Crippen LogP contribution in [-0.4, -0.2) is 25.8 Å². The summed E-state index contributed by atoms with van der Waals surface area (Å²) in [6, 6.07) is 3.86. The van der Waals surface area contributed by atoms with Gasteiger partial charge >= 0.3 is 0 Å². The Morgan fingerprint density at radius 1 is 1.38 bits per heavy atom. The molecule has 1 aromatic carbocycles. The number of halogens is 3. The van der Waals surface area contributed by atoms with Crippen LogP contribution in [0.3, 0.4) is 0 Å². The van der Waals surface area contributed by atoms with Crippen molar-refractivity contribution in [2.45, 2.75) is 0 Å². The summed E-state index contributed by atoms with van der Waals surface area (Å²) in [7, 11) is 0. The van der Waals surface area contributed by atoms with Gasteiger partial charge in [0.15, 0.2) is 10.8 Å². The second-order valence-corrected chi connectivity index (χ2v) is 5.54. The monoisotopic (exact) mass is 417 g/mol. The summed E-state index contributed by atoms with van der Waals surface area (Å²) in [5.41, 5.74) is 1.16. The Kier molecular flexibility index (Phi) is 3.72. The molecule has 0 atom stereocenters. The molecule has 0 bridgehead atoms. The maximum absolute atomic E-state index is 13.0. The minimum Gasteiger partial charge on any atom is -0.341 e. The number of benzene rings is 1. The fourth-order valence-corrected chi connectivity index (χ4v) is 2.64. The molecule has 106 valence electrons. The molecule has 6 nitrogen and oxygen atoms in total. The van der Waals surface area contributed by atoms with Gasteiger partial charge in [0.2, 0.25) is 5.95 Å². The van der Waals surface area contributed by atoms with Crippen molar-refractivity contribution in [1.82, 2.24) is 19.9 Å². The first-order valence-electron chi connectivity index (χ1n) is 5.67. The Bertz CT molecular complexity index is 853. The number of aromatic amines is 1. The second kappa shape index (κ2) is 5.53. The lowest BCUT2D eigenvalue weighted by Crippen LogP contribution is -2.15. The minimum absolute atomic E-state index is 0.0322. The van der Waals surface area contributed by atoms with E-state index in [4.69, 9.17) is 11.6 Å². The summed E-state index contributed by atoms with van der Waals surface area (Å²) in [4.78, 5) is 26.9. The third-order valence-electron chi connectivity index (χ3n) is 2.64. The van der Waals surface area contributed by atoms with Gasteiger partial charge in [0.1, 0.15) is 11.3 Å². The quantitative estimate of drug-likeness (QED) is 0.496. The number of anilines is 1. The zero-order valence-corrected chi connectivity index (χ0v) is 13.1. The normalized spacial score (nSPS) is 10.8. The van der Waals surface area contributed by atoms with Crippen molar-refractivity contribution in [2.24, 2.45) is 0 Å². The van der Waals surface area contributed by atoms with Gasteiger partial charge in [-0.05, 0) is 40.8 Å². The Balaban J connectivity index is 1.92. The fourth-order valence-electron chi connectivity index (χ4n) is 1.70.